The number of rotatable bonds is 2. The molecule has 17 heavy (non-hydrogen) atoms. The molecule has 3 rings (SSSR count). The molecule has 4 heteroatoms. The Kier molecular flexibility index (Phi) is 2.46. The highest BCUT2D eigenvalue weighted by Crippen LogP contribution is 2.28. The lowest BCUT2D eigenvalue weighted by Gasteiger charge is -2.00. The number of nitrogens with two attached hydrogens (primary N) is 1. The monoisotopic (exact) mass is 243 g/mol. The fraction of sp³-hybridized carbons (Fsp3) is 0.154. The predicted molar refractivity (Wildman–Crippen MR) is 71.1 cm³/mol. The molecule has 0 saturated heterocycles. The van der Waals surface area contributed by atoms with Crippen LogP contribution in [0.4, 0.5) is 0 Å². The number of hydrogen-bond donors (Lipinski definition) is 1. The second-order valence-electron chi connectivity index (χ2n) is 3.97. The third-order valence-electron chi connectivity index (χ3n) is 2.89. The number of nitrogens with zero attached hydrogens (tertiary/aromatic N) is 2. The maximum atomic E-state index is 5.86. The lowest BCUT2D eigenvalue weighted by atomic mass is 10.2. The molecule has 0 amide bonds. The first-order valence-corrected chi connectivity index (χ1v) is 6.39. The summed E-state index contributed by atoms with van der Waals surface area (Å²) in [7, 11) is 0. The smallest absolute Gasteiger partial charge is 0.140 e. The third-order valence-corrected chi connectivity index (χ3v) is 3.77. The SMILES string of the molecule is Cc1cccn2c(CN)c(-c3cccs3)nc12. The molecule has 0 aromatic carbocycles. The fourth-order valence-corrected chi connectivity index (χ4v) is 2.79. The number of imidazole rings is 1. The Balaban J connectivity index is 2.36. The van der Waals surface area contributed by atoms with Crippen LogP contribution in [-0.4, -0.2) is 9.38 Å². The molecule has 0 unspecified atom stereocenters. The summed E-state index contributed by atoms with van der Waals surface area (Å²) in [5.41, 5.74) is 10.1. The highest BCUT2D eigenvalue weighted by Gasteiger charge is 2.14. The minimum absolute atomic E-state index is 0.498. The van der Waals surface area contributed by atoms with Gasteiger partial charge in [-0.1, -0.05) is 12.1 Å². The minimum atomic E-state index is 0.498. The van der Waals surface area contributed by atoms with E-state index in [1.165, 1.54) is 10.4 Å². The molecule has 0 aliphatic carbocycles. The van der Waals surface area contributed by atoms with Gasteiger partial charge < -0.3 is 10.1 Å². The van der Waals surface area contributed by atoms with Crippen molar-refractivity contribution in [2.75, 3.05) is 0 Å². The summed E-state index contributed by atoms with van der Waals surface area (Å²) >= 11 is 1.70. The van der Waals surface area contributed by atoms with Crippen molar-refractivity contribution < 1.29 is 0 Å². The molecular formula is C13H13N3S. The van der Waals surface area contributed by atoms with E-state index in [4.69, 9.17) is 10.7 Å². The molecular weight excluding hydrogens is 230 g/mol. The molecule has 0 radical (unpaired) electrons. The molecule has 0 aliphatic rings. The summed E-state index contributed by atoms with van der Waals surface area (Å²) in [6.07, 6.45) is 2.02. The van der Waals surface area contributed by atoms with Crippen LogP contribution in [0.3, 0.4) is 0 Å². The lowest BCUT2D eigenvalue weighted by Crippen LogP contribution is -2.02. The Hall–Kier alpha value is -1.65. The normalized spacial score (nSPS) is 11.2. The summed E-state index contributed by atoms with van der Waals surface area (Å²) in [6.45, 7) is 2.57. The molecule has 0 bridgehead atoms. The highest BCUT2D eigenvalue weighted by atomic mass is 32.1. The van der Waals surface area contributed by atoms with Gasteiger partial charge in [0, 0.05) is 12.7 Å². The molecule has 3 nitrogen and oxygen atoms in total. The van der Waals surface area contributed by atoms with Crippen LogP contribution in [0, 0.1) is 6.92 Å². The van der Waals surface area contributed by atoms with Crippen molar-refractivity contribution >= 4 is 17.0 Å². The Morgan fingerprint density at radius 2 is 2.24 bits per heavy atom. The van der Waals surface area contributed by atoms with Crippen LogP contribution in [-0.2, 0) is 6.54 Å². The maximum absolute atomic E-state index is 5.86. The first-order valence-electron chi connectivity index (χ1n) is 5.51. The van der Waals surface area contributed by atoms with Gasteiger partial charge in [-0.15, -0.1) is 11.3 Å². The summed E-state index contributed by atoms with van der Waals surface area (Å²) in [5, 5.41) is 2.06. The van der Waals surface area contributed by atoms with E-state index in [1.54, 1.807) is 11.3 Å². The number of fused-ring (bicyclic) bond motifs is 1. The number of pyridine rings is 1. The number of aryl methyl sites for hydroxylation is 1. The molecule has 86 valence electrons. The van der Waals surface area contributed by atoms with Crippen LogP contribution in [0.5, 0.6) is 0 Å². The van der Waals surface area contributed by atoms with Gasteiger partial charge in [-0.25, -0.2) is 4.98 Å². The average molecular weight is 243 g/mol. The molecule has 0 atom stereocenters. The van der Waals surface area contributed by atoms with Gasteiger partial charge >= 0.3 is 0 Å². The van der Waals surface area contributed by atoms with E-state index in [1.807, 2.05) is 18.3 Å². The van der Waals surface area contributed by atoms with Crippen LogP contribution in [0.2, 0.25) is 0 Å². The van der Waals surface area contributed by atoms with Gasteiger partial charge in [0.1, 0.15) is 11.3 Å². The van der Waals surface area contributed by atoms with Crippen molar-refractivity contribution in [1.29, 1.82) is 0 Å². The highest BCUT2D eigenvalue weighted by molar-refractivity contribution is 7.13. The quantitative estimate of drug-likeness (QED) is 0.752. The van der Waals surface area contributed by atoms with Crippen molar-refractivity contribution in [2.24, 2.45) is 5.73 Å². The van der Waals surface area contributed by atoms with E-state index in [-0.39, 0.29) is 0 Å². The van der Waals surface area contributed by atoms with Crippen molar-refractivity contribution in [1.82, 2.24) is 9.38 Å². The van der Waals surface area contributed by atoms with Gasteiger partial charge in [0.05, 0.1) is 10.6 Å². The molecule has 3 heterocycles. The molecule has 0 spiro atoms. The van der Waals surface area contributed by atoms with E-state index >= 15 is 0 Å². The van der Waals surface area contributed by atoms with Crippen molar-refractivity contribution in [3.63, 3.8) is 0 Å². The topological polar surface area (TPSA) is 43.3 Å². The van der Waals surface area contributed by atoms with Crippen LogP contribution >= 0.6 is 11.3 Å². The minimum Gasteiger partial charge on any atom is -0.325 e. The predicted octanol–water partition coefficient (Wildman–Crippen LogP) is 2.83. The largest absolute Gasteiger partial charge is 0.325 e. The van der Waals surface area contributed by atoms with Gasteiger partial charge in [0.2, 0.25) is 0 Å². The maximum Gasteiger partial charge on any atom is 0.140 e. The number of hydrogen-bond acceptors (Lipinski definition) is 3. The van der Waals surface area contributed by atoms with Gasteiger partial charge in [0.15, 0.2) is 0 Å². The van der Waals surface area contributed by atoms with Crippen LogP contribution in [0.15, 0.2) is 35.8 Å². The summed E-state index contributed by atoms with van der Waals surface area (Å²) < 4.78 is 2.09. The Morgan fingerprint density at radius 1 is 1.35 bits per heavy atom. The van der Waals surface area contributed by atoms with E-state index < -0.39 is 0 Å². The Bertz CT molecular complexity index is 653. The summed E-state index contributed by atoms with van der Waals surface area (Å²) in [5.74, 6) is 0. The average Bonchev–Trinajstić information content (AvgIpc) is 2.95. The number of thiophene rings is 1. The summed E-state index contributed by atoms with van der Waals surface area (Å²) in [4.78, 5) is 5.89. The van der Waals surface area contributed by atoms with E-state index in [9.17, 15) is 0 Å². The molecule has 3 aromatic rings. The zero-order chi connectivity index (χ0) is 11.8. The molecule has 3 aromatic heterocycles. The first-order chi connectivity index (χ1) is 8.31. The zero-order valence-corrected chi connectivity index (χ0v) is 10.4. The lowest BCUT2D eigenvalue weighted by molar-refractivity contribution is 0.960. The fourth-order valence-electron chi connectivity index (χ4n) is 2.06. The second-order valence-corrected chi connectivity index (χ2v) is 4.92. The van der Waals surface area contributed by atoms with Crippen LogP contribution in [0.1, 0.15) is 11.3 Å². The number of aromatic nitrogens is 2. The third kappa shape index (κ3) is 1.57. The van der Waals surface area contributed by atoms with Crippen LogP contribution < -0.4 is 5.73 Å². The van der Waals surface area contributed by atoms with E-state index in [2.05, 4.69) is 28.8 Å². The molecule has 2 N–H and O–H groups in total. The van der Waals surface area contributed by atoms with Crippen LogP contribution in [0.25, 0.3) is 16.2 Å². The Morgan fingerprint density at radius 3 is 2.94 bits per heavy atom. The first kappa shape index (κ1) is 10.5. The van der Waals surface area contributed by atoms with E-state index in [0.29, 0.717) is 6.54 Å². The van der Waals surface area contributed by atoms with Crippen molar-refractivity contribution in [3.05, 3.63) is 47.1 Å². The standard InChI is InChI=1S/C13H13N3S/c1-9-4-2-6-16-10(8-14)12(15-13(9)16)11-5-3-7-17-11/h2-7H,8,14H2,1H3. The van der Waals surface area contributed by atoms with Crippen molar-refractivity contribution in [3.8, 4) is 10.6 Å². The summed E-state index contributed by atoms with van der Waals surface area (Å²) in [6, 6.07) is 8.22. The Labute approximate surface area is 104 Å². The van der Waals surface area contributed by atoms with E-state index in [0.717, 1.165) is 17.0 Å². The molecule has 0 aliphatic heterocycles. The molecule has 0 fully saturated rings. The van der Waals surface area contributed by atoms with Gasteiger partial charge in [0.25, 0.3) is 0 Å². The molecule has 0 saturated carbocycles. The van der Waals surface area contributed by atoms with Gasteiger partial charge in [-0.05, 0) is 30.0 Å². The second kappa shape index (κ2) is 3.98. The van der Waals surface area contributed by atoms with Gasteiger partial charge in [-0.3, -0.25) is 0 Å². The van der Waals surface area contributed by atoms with Gasteiger partial charge in [-0.2, -0.15) is 0 Å². The zero-order valence-electron chi connectivity index (χ0n) is 9.55. The van der Waals surface area contributed by atoms with Crippen molar-refractivity contribution in [2.45, 2.75) is 13.5 Å².